The Morgan fingerprint density at radius 2 is 1.54 bits per heavy atom. The van der Waals surface area contributed by atoms with Crippen LogP contribution in [-0.4, -0.2) is 8.86 Å². The summed E-state index contributed by atoms with van der Waals surface area (Å²) >= 11 is -1.00. The van der Waals surface area contributed by atoms with Crippen molar-refractivity contribution < 1.29 is 19.8 Å². The van der Waals surface area contributed by atoms with Gasteiger partial charge in [0.25, 0.3) is 0 Å². The molecule has 1 heteroatoms. The maximum atomic E-state index is 3.81. The minimum Gasteiger partial charge on any atom is -0.0991 e. The van der Waals surface area contributed by atoms with Crippen LogP contribution in [0.15, 0.2) is 55.6 Å². The maximum Gasteiger partial charge on any atom is 0.146 e. The molecular formula is C12H15I+. The maximum absolute atomic E-state index is 3.81. The van der Waals surface area contributed by atoms with E-state index in [4.69, 9.17) is 0 Å². The highest BCUT2D eigenvalue weighted by Gasteiger charge is 2.18. The minimum absolute atomic E-state index is 1.00. The van der Waals surface area contributed by atoms with Gasteiger partial charge in [-0.05, 0) is 24.3 Å². The predicted molar refractivity (Wildman–Crippen MR) is 55.3 cm³/mol. The van der Waals surface area contributed by atoms with Crippen LogP contribution >= 0.6 is 0 Å². The molecule has 0 aliphatic carbocycles. The Morgan fingerprint density at radius 3 is 2.00 bits per heavy atom. The van der Waals surface area contributed by atoms with Crippen LogP contribution < -0.4 is 19.8 Å². The second-order valence-corrected chi connectivity index (χ2v) is 8.25. The molecule has 0 saturated heterocycles. The van der Waals surface area contributed by atoms with E-state index in [-0.39, 0.29) is 0 Å². The largest absolute Gasteiger partial charge is 0.146 e. The number of rotatable bonds is 5. The Hall–Kier alpha value is -0.570. The second kappa shape index (κ2) is 5.97. The van der Waals surface area contributed by atoms with Crippen molar-refractivity contribution in [3.63, 3.8) is 0 Å². The van der Waals surface area contributed by atoms with E-state index in [0.717, 1.165) is 0 Å². The average Bonchev–Trinajstić information content (AvgIpc) is 2.19. The molecule has 0 amide bonds. The van der Waals surface area contributed by atoms with Crippen LogP contribution in [0.25, 0.3) is 0 Å². The summed E-state index contributed by atoms with van der Waals surface area (Å²) < 4.78 is 3.89. The summed E-state index contributed by atoms with van der Waals surface area (Å²) in [7, 11) is 0. The zero-order chi connectivity index (χ0) is 9.52. The Morgan fingerprint density at radius 1 is 1.00 bits per heavy atom. The number of alkyl halides is 2. The third-order valence-corrected chi connectivity index (χ3v) is 7.49. The molecule has 1 aromatic rings. The molecular weight excluding hydrogens is 271 g/mol. The van der Waals surface area contributed by atoms with Gasteiger partial charge >= 0.3 is 0 Å². The third-order valence-electron chi connectivity index (χ3n) is 1.63. The molecule has 0 aliphatic heterocycles. The summed E-state index contributed by atoms with van der Waals surface area (Å²) in [5.74, 6) is 0. The Kier molecular flexibility index (Phi) is 4.83. The van der Waals surface area contributed by atoms with Gasteiger partial charge in [0.05, 0.1) is 0 Å². The second-order valence-electron chi connectivity index (χ2n) is 2.64. The van der Waals surface area contributed by atoms with Crippen LogP contribution in [0, 0.1) is 3.57 Å². The first-order valence-corrected chi connectivity index (χ1v) is 8.40. The third kappa shape index (κ3) is 3.35. The van der Waals surface area contributed by atoms with Gasteiger partial charge in [0.2, 0.25) is 0 Å². The quantitative estimate of drug-likeness (QED) is 0.401. The monoisotopic (exact) mass is 286 g/mol. The molecule has 0 bridgehead atoms. The summed E-state index contributed by atoms with van der Waals surface area (Å²) in [5, 5.41) is 0. The van der Waals surface area contributed by atoms with Crippen molar-refractivity contribution in [2.75, 3.05) is 8.86 Å². The summed E-state index contributed by atoms with van der Waals surface area (Å²) in [6.45, 7) is 7.63. The van der Waals surface area contributed by atoms with Crippen molar-refractivity contribution in [3.05, 3.63) is 59.2 Å². The lowest BCUT2D eigenvalue weighted by atomic mass is 10.4. The van der Waals surface area contributed by atoms with Crippen LogP contribution in [0.5, 0.6) is 0 Å². The van der Waals surface area contributed by atoms with Crippen molar-refractivity contribution >= 4 is 0 Å². The van der Waals surface area contributed by atoms with Crippen LogP contribution in [0.3, 0.4) is 0 Å². The van der Waals surface area contributed by atoms with E-state index in [1.165, 1.54) is 12.4 Å². The summed E-state index contributed by atoms with van der Waals surface area (Å²) in [4.78, 5) is 0. The van der Waals surface area contributed by atoms with Crippen molar-refractivity contribution in [2.45, 2.75) is 0 Å². The van der Waals surface area contributed by atoms with Gasteiger partial charge in [-0.2, -0.15) is 0 Å². The van der Waals surface area contributed by atoms with Gasteiger partial charge in [-0.15, -0.1) is 0 Å². The molecule has 0 aromatic heterocycles. The standard InChI is InChI=1S/C12H15I/c1-3-10-13(11-4-2)12-8-6-5-7-9-12/h3-9H,1-2,10-11H2/q+1. The zero-order valence-electron chi connectivity index (χ0n) is 7.75. The van der Waals surface area contributed by atoms with Crippen molar-refractivity contribution in [3.8, 4) is 0 Å². The lowest BCUT2D eigenvalue weighted by Gasteiger charge is -2.00. The number of halogens is 1. The Labute approximate surface area is 87.8 Å². The highest BCUT2D eigenvalue weighted by atomic mass is 127. The van der Waals surface area contributed by atoms with Gasteiger partial charge in [-0.1, -0.05) is 31.4 Å². The van der Waals surface area contributed by atoms with E-state index in [0.29, 0.717) is 0 Å². The molecule has 0 N–H and O–H groups in total. The molecule has 1 rings (SSSR count). The fourth-order valence-corrected chi connectivity index (χ4v) is 5.41. The average molecular weight is 286 g/mol. The fourth-order valence-electron chi connectivity index (χ4n) is 1.10. The molecule has 0 atom stereocenters. The number of benzene rings is 1. The number of hydrogen-bond donors (Lipinski definition) is 0. The molecule has 0 spiro atoms. The molecule has 13 heavy (non-hydrogen) atoms. The van der Waals surface area contributed by atoms with Crippen molar-refractivity contribution in [2.24, 2.45) is 0 Å². The first kappa shape index (κ1) is 10.5. The van der Waals surface area contributed by atoms with Gasteiger partial charge in [-0.3, -0.25) is 0 Å². The molecule has 1 radical (unpaired) electrons. The summed E-state index contributed by atoms with van der Waals surface area (Å²) in [6, 6.07) is 10.8. The number of hydrogen-bond acceptors (Lipinski definition) is 0. The first-order chi connectivity index (χ1) is 6.38. The predicted octanol–water partition coefficient (Wildman–Crippen LogP) is -0.147. The lowest BCUT2D eigenvalue weighted by molar-refractivity contribution is -0.865. The van der Waals surface area contributed by atoms with E-state index in [1.807, 2.05) is 12.2 Å². The SMILES string of the molecule is C=CC[I+](CC=C)c1ccccc1. The van der Waals surface area contributed by atoms with E-state index in [1.54, 1.807) is 0 Å². The fraction of sp³-hybridized carbons (Fsp3) is 0.167. The van der Waals surface area contributed by atoms with E-state index in [9.17, 15) is 0 Å². The topological polar surface area (TPSA) is 0 Å². The highest BCUT2D eigenvalue weighted by Crippen LogP contribution is 1.82. The molecule has 1 aromatic carbocycles. The van der Waals surface area contributed by atoms with E-state index >= 15 is 0 Å². The Balaban J connectivity index is 2.75. The smallest absolute Gasteiger partial charge is 0.0991 e. The van der Waals surface area contributed by atoms with Gasteiger partial charge in [-0.25, -0.2) is 0 Å². The molecule has 0 heterocycles. The molecule has 0 nitrogen and oxygen atoms in total. The van der Waals surface area contributed by atoms with Gasteiger partial charge in [0, 0.05) is 0 Å². The van der Waals surface area contributed by atoms with Crippen LogP contribution in [0.4, 0.5) is 0 Å². The van der Waals surface area contributed by atoms with Crippen molar-refractivity contribution in [1.82, 2.24) is 0 Å². The first-order valence-electron chi connectivity index (χ1n) is 4.27. The van der Waals surface area contributed by atoms with Crippen LogP contribution in [0.2, 0.25) is 0 Å². The molecule has 0 fully saturated rings. The van der Waals surface area contributed by atoms with Crippen LogP contribution in [-0.2, 0) is 0 Å². The number of allylic oxidation sites excluding steroid dienone is 2. The summed E-state index contributed by atoms with van der Waals surface area (Å²) in [5.41, 5.74) is 0. The van der Waals surface area contributed by atoms with E-state index in [2.05, 4.69) is 43.5 Å². The highest BCUT2D eigenvalue weighted by molar-refractivity contribution is 5.00. The minimum atomic E-state index is -1.00. The van der Waals surface area contributed by atoms with Gasteiger partial charge in [0.1, 0.15) is 32.2 Å². The molecule has 0 saturated carbocycles. The summed E-state index contributed by atoms with van der Waals surface area (Å²) in [6.07, 6.45) is 4.09. The van der Waals surface area contributed by atoms with Gasteiger partial charge in [0.15, 0.2) is 0 Å². The van der Waals surface area contributed by atoms with Crippen LogP contribution in [0.1, 0.15) is 0 Å². The molecule has 0 unspecified atom stereocenters. The normalized spacial score (nSPS) is 9.92. The molecule has 0 aliphatic rings. The van der Waals surface area contributed by atoms with Gasteiger partial charge < -0.3 is 0 Å². The lowest BCUT2D eigenvalue weighted by Crippen LogP contribution is -3.87. The van der Waals surface area contributed by atoms with Crippen molar-refractivity contribution in [1.29, 1.82) is 0 Å². The van der Waals surface area contributed by atoms with E-state index < -0.39 is 19.8 Å². The Bertz CT molecular complexity index is 254. The zero-order valence-corrected chi connectivity index (χ0v) is 9.91. The molecule has 69 valence electrons.